The first-order chi connectivity index (χ1) is 12.7. The highest BCUT2D eigenvalue weighted by atomic mass is 16.5. The molecule has 1 aromatic carbocycles. The summed E-state index contributed by atoms with van der Waals surface area (Å²) in [5.41, 5.74) is 1.16. The summed E-state index contributed by atoms with van der Waals surface area (Å²) in [5, 5.41) is 14.7. The molecule has 0 aliphatic rings. The number of aryl methyl sites for hydroxylation is 2. The molecule has 7 nitrogen and oxygen atoms in total. The lowest BCUT2D eigenvalue weighted by atomic mass is 10.2. The summed E-state index contributed by atoms with van der Waals surface area (Å²) in [6.45, 7) is 10.0. The third-order valence-electron chi connectivity index (χ3n) is 3.92. The first-order valence-corrected chi connectivity index (χ1v) is 9.31. The molecule has 0 unspecified atom stereocenters. The average molecular weight is 358 g/mol. The molecule has 2 N–H and O–H groups in total. The van der Waals surface area contributed by atoms with Crippen LogP contribution in [0.15, 0.2) is 35.6 Å². The Morgan fingerprint density at radius 1 is 1.23 bits per heavy atom. The molecule has 0 aliphatic carbocycles. The van der Waals surface area contributed by atoms with Gasteiger partial charge < -0.3 is 19.9 Å². The highest BCUT2D eigenvalue weighted by molar-refractivity contribution is 5.79. The molecule has 0 spiro atoms. The lowest BCUT2D eigenvalue weighted by molar-refractivity contribution is 0.311. The molecule has 0 amide bonds. The van der Waals surface area contributed by atoms with Gasteiger partial charge in [-0.05, 0) is 25.5 Å². The van der Waals surface area contributed by atoms with Gasteiger partial charge in [-0.1, -0.05) is 25.1 Å². The van der Waals surface area contributed by atoms with E-state index in [9.17, 15) is 0 Å². The van der Waals surface area contributed by atoms with E-state index < -0.39 is 0 Å². The number of aromatic nitrogens is 3. The molecule has 0 fully saturated rings. The largest absolute Gasteiger partial charge is 0.493 e. The van der Waals surface area contributed by atoms with Crippen molar-refractivity contribution in [2.24, 2.45) is 4.99 Å². The quantitative estimate of drug-likeness (QED) is 0.387. The van der Waals surface area contributed by atoms with Crippen LogP contribution in [-0.2, 0) is 13.0 Å². The molecular weight excluding hydrogens is 328 g/mol. The number of ether oxygens (including phenoxy) is 1. The molecule has 0 atom stereocenters. The topological polar surface area (TPSA) is 76.4 Å². The summed E-state index contributed by atoms with van der Waals surface area (Å²) in [6, 6.07) is 8.07. The first-order valence-electron chi connectivity index (χ1n) is 9.31. The van der Waals surface area contributed by atoms with Crippen molar-refractivity contribution in [3.05, 3.63) is 42.0 Å². The maximum absolute atomic E-state index is 5.81. The molecule has 7 heteroatoms. The predicted molar refractivity (Wildman–Crippen MR) is 105 cm³/mol. The Balaban J connectivity index is 1.71. The minimum atomic E-state index is 0.661. The number of aliphatic imine (C=N–C) groups is 1. The number of nitrogens with zero attached hydrogens (tertiary/aromatic N) is 4. The molecular formula is C19H30N6O. The zero-order valence-electron chi connectivity index (χ0n) is 16.0. The van der Waals surface area contributed by atoms with Gasteiger partial charge in [0, 0.05) is 39.0 Å². The van der Waals surface area contributed by atoms with Crippen LogP contribution in [0.5, 0.6) is 5.75 Å². The van der Waals surface area contributed by atoms with Crippen molar-refractivity contribution in [2.75, 3.05) is 26.2 Å². The first kappa shape index (κ1) is 19.8. The van der Waals surface area contributed by atoms with Crippen LogP contribution in [0.3, 0.4) is 0 Å². The van der Waals surface area contributed by atoms with E-state index in [0.29, 0.717) is 13.2 Å². The fraction of sp³-hybridized carbons (Fsp3) is 0.526. The van der Waals surface area contributed by atoms with Crippen LogP contribution in [0, 0.1) is 6.92 Å². The van der Waals surface area contributed by atoms with E-state index >= 15 is 0 Å². The molecule has 1 aromatic heterocycles. The van der Waals surface area contributed by atoms with Crippen molar-refractivity contribution in [3.63, 3.8) is 0 Å². The number of nitrogens with one attached hydrogen (secondary N) is 2. The Hall–Kier alpha value is -2.57. The minimum Gasteiger partial charge on any atom is -0.493 e. The number of guanidine groups is 1. The van der Waals surface area contributed by atoms with Crippen LogP contribution in [0.2, 0.25) is 0 Å². The number of benzene rings is 1. The predicted octanol–water partition coefficient (Wildman–Crippen LogP) is 2.17. The summed E-state index contributed by atoms with van der Waals surface area (Å²) in [6.07, 6.45) is 3.53. The standard InChI is InChI=1S/C19H30N6O/c1-4-18-24-23-15-25(18)13-12-22-19(20-5-2)21-11-8-14-26-17-10-7-6-9-16(17)3/h6-7,9-10,15H,4-5,8,11-14H2,1-3H3,(H2,20,21,22). The maximum atomic E-state index is 5.81. The Bertz CT molecular complexity index is 682. The van der Waals surface area contributed by atoms with Gasteiger partial charge in [-0.15, -0.1) is 10.2 Å². The molecule has 142 valence electrons. The lowest BCUT2D eigenvalue weighted by Crippen LogP contribution is -2.39. The normalized spacial score (nSPS) is 11.4. The molecule has 0 saturated carbocycles. The fourth-order valence-corrected chi connectivity index (χ4v) is 2.53. The Morgan fingerprint density at radius 3 is 2.85 bits per heavy atom. The minimum absolute atomic E-state index is 0.661. The van der Waals surface area contributed by atoms with Gasteiger partial charge in [0.1, 0.15) is 17.9 Å². The van der Waals surface area contributed by atoms with Gasteiger partial charge in [0.25, 0.3) is 0 Å². The van der Waals surface area contributed by atoms with Crippen molar-refractivity contribution in [3.8, 4) is 5.75 Å². The maximum Gasteiger partial charge on any atom is 0.191 e. The number of hydrogen-bond donors (Lipinski definition) is 2. The number of rotatable bonds is 10. The Kier molecular flexibility index (Phi) is 8.45. The summed E-state index contributed by atoms with van der Waals surface area (Å²) in [5.74, 6) is 2.78. The van der Waals surface area contributed by atoms with Gasteiger partial charge in [0.2, 0.25) is 0 Å². The third kappa shape index (κ3) is 6.38. The summed E-state index contributed by atoms with van der Waals surface area (Å²) >= 11 is 0. The number of para-hydroxylation sites is 1. The van der Waals surface area contributed by atoms with E-state index in [-0.39, 0.29) is 0 Å². The van der Waals surface area contributed by atoms with Crippen LogP contribution in [0.25, 0.3) is 0 Å². The molecule has 0 saturated heterocycles. The third-order valence-corrected chi connectivity index (χ3v) is 3.92. The van der Waals surface area contributed by atoms with E-state index in [1.165, 1.54) is 0 Å². The smallest absolute Gasteiger partial charge is 0.191 e. The molecule has 1 heterocycles. The average Bonchev–Trinajstić information content (AvgIpc) is 3.10. The van der Waals surface area contributed by atoms with Gasteiger partial charge in [0.05, 0.1) is 6.61 Å². The van der Waals surface area contributed by atoms with Crippen LogP contribution < -0.4 is 15.4 Å². The molecule has 26 heavy (non-hydrogen) atoms. The van der Waals surface area contributed by atoms with Gasteiger partial charge in [0.15, 0.2) is 5.96 Å². The monoisotopic (exact) mass is 358 g/mol. The second-order valence-electron chi connectivity index (χ2n) is 5.95. The van der Waals surface area contributed by atoms with E-state index in [2.05, 4.69) is 57.2 Å². The lowest BCUT2D eigenvalue weighted by Gasteiger charge is -2.12. The summed E-state index contributed by atoms with van der Waals surface area (Å²) in [4.78, 5) is 4.60. The Morgan fingerprint density at radius 2 is 2.08 bits per heavy atom. The van der Waals surface area contributed by atoms with Crippen molar-refractivity contribution in [1.82, 2.24) is 25.4 Å². The summed E-state index contributed by atoms with van der Waals surface area (Å²) < 4.78 is 7.87. The van der Waals surface area contributed by atoms with Gasteiger partial charge in [-0.25, -0.2) is 0 Å². The highest BCUT2D eigenvalue weighted by Gasteiger charge is 2.02. The SMILES string of the molecule is CCNC(=NCCCOc1ccccc1C)NCCn1cnnc1CC. The van der Waals surface area contributed by atoms with Gasteiger partial charge >= 0.3 is 0 Å². The van der Waals surface area contributed by atoms with E-state index in [4.69, 9.17) is 4.74 Å². The zero-order valence-corrected chi connectivity index (χ0v) is 16.0. The zero-order chi connectivity index (χ0) is 18.6. The van der Waals surface area contributed by atoms with Crippen molar-refractivity contribution in [1.29, 1.82) is 0 Å². The summed E-state index contributed by atoms with van der Waals surface area (Å²) in [7, 11) is 0. The second-order valence-corrected chi connectivity index (χ2v) is 5.95. The molecule has 0 bridgehead atoms. The van der Waals surface area contributed by atoms with E-state index in [1.54, 1.807) is 6.33 Å². The van der Waals surface area contributed by atoms with Crippen LogP contribution in [0.4, 0.5) is 0 Å². The van der Waals surface area contributed by atoms with Gasteiger partial charge in [-0.3, -0.25) is 4.99 Å². The van der Waals surface area contributed by atoms with Crippen molar-refractivity contribution < 1.29 is 4.74 Å². The Labute approximate surface area is 155 Å². The molecule has 2 rings (SSSR count). The van der Waals surface area contributed by atoms with Crippen LogP contribution in [0.1, 0.15) is 31.7 Å². The number of hydrogen-bond acceptors (Lipinski definition) is 4. The van der Waals surface area contributed by atoms with Crippen LogP contribution >= 0.6 is 0 Å². The van der Waals surface area contributed by atoms with Crippen LogP contribution in [-0.4, -0.2) is 47.0 Å². The van der Waals surface area contributed by atoms with Crippen molar-refractivity contribution >= 4 is 5.96 Å². The molecule has 0 aliphatic heterocycles. The van der Waals surface area contributed by atoms with Gasteiger partial charge in [-0.2, -0.15) is 0 Å². The van der Waals surface area contributed by atoms with Crippen molar-refractivity contribution in [2.45, 2.75) is 40.2 Å². The second kappa shape index (κ2) is 11.1. The highest BCUT2D eigenvalue weighted by Crippen LogP contribution is 2.16. The fourth-order valence-electron chi connectivity index (χ4n) is 2.53. The molecule has 0 radical (unpaired) electrons. The van der Waals surface area contributed by atoms with E-state index in [0.717, 1.165) is 55.6 Å². The van der Waals surface area contributed by atoms with E-state index in [1.807, 2.05) is 18.2 Å². The molecule has 2 aromatic rings.